The lowest BCUT2D eigenvalue weighted by atomic mass is 10.1. The average Bonchev–Trinajstić information content (AvgIpc) is 2.92. The first-order chi connectivity index (χ1) is 11.5. The van der Waals surface area contributed by atoms with E-state index in [1.807, 2.05) is 13.0 Å². The van der Waals surface area contributed by atoms with Gasteiger partial charge in [0.15, 0.2) is 5.13 Å². The number of anilines is 2. The number of nitrogens with two attached hydrogens (primary N) is 1. The average molecular weight is 341 g/mol. The predicted octanol–water partition coefficient (Wildman–Crippen LogP) is 2.80. The molecule has 4 N–H and O–H groups in total. The number of nitrogen functional groups attached to an aromatic ring is 1. The molecule has 0 aliphatic rings. The number of aromatic carboxylic acids is 1. The van der Waals surface area contributed by atoms with E-state index in [0.29, 0.717) is 17.6 Å². The Kier molecular flexibility index (Phi) is 4.39. The Morgan fingerprint density at radius 1 is 1.25 bits per heavy atom. The van der Waals surface area contributed by atoms with Crippen LogP contribution in [0.15, 0.2) is 36.5 Å². The highest BCUT2D eigenvalue weighted by Gasteiger charge is 2.10. The largest absolute Gasteiger partial charge is 0.478 e. The van der Waals surface area contributed by atoms with Crippen LogP contribution >= 0.6 is 11.3 Å². The van der Waals surface area contributed by atoms with Crippen molar-refractivity contribution in [1.82, 2.24) is 15.0 Å². The monoisotopic (exact) mass is 341 g/mol. The summed E-state index contributed by atoms with van der Waals surface area (Å²) in [5.74, 6) is -0.453. The quantitative estimate of drug-likeness (QED) is 0.653. The van der Waals surface area contributed by atoms with Crippen LogP contribution in [-0.4, -0.2) is 26.0 Å². The number of thiazole rings is 1. The third-order valence-electron chi connectivity index (χ3n) is 3.35. The zero-order valence-electron chi connectivity index (χ0n) is 12.9. The molecule has 3 rings (SSSR count). The predicted molar refractivity (Wildman–Crippen MR) is 93.0 cm³/mol. The lowest BCUT2D eigenvalue weighted by molar-refractivity contribution is 0.0697. The van der Waals surface area contributed by atoms with Gasteiger partial charge in [0.25, 0.3) is 0 Å². The topological polar surface area (TPSA) is 114 Å². The molecule has 0 aliphatic heterocycles. The van der Waals surface area contributed by atoms with Crippen LogP contribution in [0.2, 0.25) is 0 Å². The molecule has 0 amide bonds. The number of nitrogens with zero attached hydrogens (tertiary/aromatic N) is 3. The van der Waals surface area contributed by atoms with E-state index in [1.54, 1.807) is 30.5 Å². The van der Waals surface area contributed by atoms with E-state index in [-0.39, 0.29) is 5.56 Å². The molecular formula is C16H15N5O2S. The molecule has 0 bridgehead atoms. The number of carboxylic acid groups (broad SMARTS) is 1. The smallest absolute Gasteiger partial charge is 0.335 e. The molecule has 0 spiro atoms. The highest BCUT2D eigenvalue weighted by atomic mass is 32.1. The van der Waals surface area contributed by atoms with Crippen LogP contribution in [-0.2, 0) is 6.54 Å². The van der Waals surface area contributed by atoms with Gasteiger partial charge in [0.2, 0.25) is 5.95 Å². The summed E-state index contributed by atoms with van der Waals surface area (Å²) in [6, 6.07) is 8.47. The molecule has 0 atom stereocenters. The van der Waals surface area contributed by atoms with Crippen LogP contribution in [0.1, 0.15) is 21.6 Å². The fourth-order valence-corrected chi connectivity index (χ4v) is 2.97. The van der Waals surface area contributed by atoms with Crippen molar-refractivity contribution < 1.29 is 9.90 Å². The normalized spacial score (nSPS) is 10.5. The highest BCUT2D eigenvalue weighted by molar-refractivity contribution is 7.18. The first kappa shape index (κ1) is 15.9. The molecule has 7 nitrogen and oxygen atoms in total. The van der Waals surface area contributed by atoms with Gasteiger partial charge in [-0.05, 0) is 30.7 Å². The van der Waals surface area contributed by atoms with Gasteiger partial charge in [0.05, 0.1) is 21.8 Å². The minimum absolute atomic E-state index is 0.259. The Labute approximate surface area is 142 Å². The summed E-state index contributed by atoms with van der Waals surface area (Å²) in [6.07, 6.45) is 1.67. The van der Waals surface area contributed by atoms with Crippen molar-refractivity contribution in [3.8, 4) is 10.6 Å². The maximum Gasteiger partial charge on any atom is 0.335 e. The third kappa shape index (κ3) is 3.49. The Morgan fingerprint density at radius 3 is 2.62 bits per heavy atom. The standard InChI is InChI=1S/C16H15N5O2S/c1-9-13(24-15(17)20-9)12-6-7-18-16(21-12)19-8-10-2-4-11(5-3-10)14(22)23/h2-7H,8H2,1H3,(H2,17,20)(H,22,23)(H,18,19,21). The highest BCUT2D eigenvalue weighted by Crippen LogP contribution is 2.29. The number of aryl methyl sites for hydroxylation is 1. The minimum Gasteiger partial charge on any atom is -0.478 e. The lowest BCUT2D eigenvalue weighted by Gasteiger charge is -2.06. The molecular weight excluding hydrogens is 326 g/mol. The van der Waals surface area contributed by atoms with Gasteiger partial charge in [0.1, 0.15) is 0 Å². The molecule has 8 heteroatoms. The van der Waals surface area contributed by atoms with Crippen LogP contribution in [0.25, 0.3) is 10.6 Å². The van der Waals surface area contributed by atoms with Crippen molar-refractivity contribution in [2.75, 3.05) is 11.1 Å². The first-order valence-corrected chi connectivity index (χ1v) is 7.97. The van der Waals surface area contributed by atoms with Crippen LogP contribution in [0.5, 0.6) is 0 Å². The summed E-state index contributed by atoms with van der Waals surface area (Å²) >= 11 is 1.39. The second kappa shape index (κ2) is 6.63. The maximum atomic E-state index is 10.8. The van der Waals surface area contributed by atoms with E-state index in [0.717, 1.165) is 21.8 Å². The number of nitrogens with one attached hydrogen (secondary N) is 1. The van der Waals surface area contributed by atoms with Crippen molar-refractivity contribution in [2.24, 2.45) is 0 Å². The van der Waals surface area contributed by atoms with Crippen molar-refractivity contribution in [3.05, 3.63) is 53.3 Å². The van der Waals surface area contributed by atoms with Gasteiger partial charge >= 0.3 is 5.97 Å². The first-order valence-electron chi connectivity index (χ1n) is 7.15. The van der Waals surface area contributed by atoms with Gasteiger partial charge in [-0.2, -0.15) is 0 Å². The molecule has 0 radical (unpaired) electrons. The number of aromatic nitrogens is 3. The zero-order chi connectivity index (χ0) is 17.1. The van der Waals surface area contributed by atoms with E-state index in [4.69, 9.17) is 10.8 Å². The molecule has 1 aromatic carbocycles. The number of carboxylic acids is 1. The van der Waals surface area contributed by atoms with Gasteiger partial charge in [-0.25, -0.2) is 19.7 Å². The molecule has 0 saturated carbocycles. The molecule has 3 aromatic rings. The number of hydrogen-bond acceptors (Lipinski definition) is 7. The molecule has 2 heterocycles. The third-order valence-corrected chi connectivity index (χ3v) is 4.36. The Bertz CT molecular complexity index is 876. The van der Waals surface area contributed by atoms with Crippen molar-refractivity contribution in [1.29, 1.82) is 0 Å². The van der Waals surface area contributed by atoms with Crippen molar-refractivity contribution in [2.45, 2.75) is 13.5 Å². The van der Waals surface area contributed by atoms with Gasteiger partial charge in [-0.3, -0.25) is 0 Å². The molecule has 122 valence electrons. The maximum absolute atomic E-state index is 10.8. The second-order valence-corrected chi connectivity index (χ2v) is 6.12. The second-order valence-electron chi connectivity index (χ2n) is 5.09. The Balaban J connectivity index is 1.73. The SMILES string of the molecule is Cc1nc(N)sc1-c1ccnc(NCc2ccc(C(=O)O)cc2)n1. The Morgan fingerprint density at radius 2 is 2.00 bits per heavy atom. The fourth-order valence-electron chi connectivity index (χ4n) is 2.17. The summed E-state index contributed by atoms with van der Waals surface area (Å²) < 4.78 is 0. The summed E-state index contributed by atoms with van der Waals surface area (Å²) in [5.41, 5.74) is 8.53. The van der Waals surface area contributed by atoms with Gasteiger partial charge in [-0.1, -0.05) is 23.5 Å². The van der Waals surface area contributed by atoms with Crippen molar-refractivity contribution in [3.63, 3.8) is 0 Å². The molecule has 2 aromatic heterocycles. The van der Waals surface area contributed by atoms with Crippen molar-refractivity contribution >= 4 is 28.4 Å². The van der Waals surface area contributed by atoms with Gasteiger partial charge in [0, 0.05) is 12.7 Å². The minimum atomic E-state index is -0.940. The lowest BCUT2D eigenvalue weighted by Crippen LogP contribution is -2.04. The van der Waals surface area contributed by atoms with Gasteiger partial charge in [-0.15, -0.1) is 0 Å². The Hall–Kier alpha value is -3.00. The number of carbonyl (C=O) groups is 1. The van der Waals surface area contributed by atoms with Crippen LogP contribution in [0.3, 0.4) is 0 Å². The fraction of sp³-hybridized carbons (Fsp3) is 0.125. The van der Waals surface area contributed by atoms with Gasteiger partial charge < -0.3 is 16.2 Å². The zero-order valence-corrected chi connectivity index (χ0v) is 13.7. The number of rotatable bonds is 5. The number of benzene rings is 1. The molecule has 0 saturated heterocycles. The van der Waals surface area contributed by atoms with E-state index in [2.05, 4.69) is 20.3 Å². The molecule has 0 fully saturated rings. The van der Waals surface area contributed by atoms with E-state index < -0.39 is 5.97 Å². The summed E-state index contributed by atoms with van der Waals surface area (Å²) in [5, 5.41) is 12.5. The summed E-state index contributed by atoms with van der Waals surface area (Å²) in [4.78, 5) is 24.6. The van der Waals surface area contributed by atoms with E-state index in [9.17, 15) is 4.79 Å². The van der Waals surface area contributed by atoms with Crippen LogP contribution in [0, 0.1) is 6.92 Å². The van der Waals surface area contributed by atoms with Crippen LogP contribution < -0.4 is 11.1 Å². The van der Waals surface area contributed by atoms with E-state index in [1.165, 1.54) is 11.3 Å². The van der Waals surface area contributed by atoms with E-state index >= 15 is 0 Å². The summed E-state index contributed by atoms with van der Waals surface area (Å²) in [6.45, 7) is 2.38. The summed E-state index contributed by atoms with van der Waals surface area (Å²) in [7, 11) is 0. The molecule has 0 unspecified atom stereocenters. The molecule has 24 heavy (non-hydrogen) atoms. The number of hydrogen-bond donors (Lipinski definition) is 3. The molecule has 0 aliphatic carbocycles. The van der Waals surface area contributed by atoms with Crippen LogP contribution in [0.4, 0.5) is 11.1 Å².